The van der Waals surface area contributed by atoms with Crippen molar-refractivity contribution in [1.82, 2.24) is 14.9 Å². The lowest BCUT2D eigenvalue weighted by atomic mass is 10.1. The van der Waals surface area contributed by atoms with E-state index < -0.39 is 0 Å². The van der Waals surface area contributed by atoms with Crippen LogP contribution in [0.1, 0.15) is 11.6 Å². The van der Waals surface area contributed by atoms with Gasteiger partial charge in [-0.2, -0.15) is 0 Å². The predicted molar refractivity (Wildman–Crippen MR) is 65.4 cm³/mol. The smallest absolute Gasteiger partial charge is 0.161 e. The quantitative estimate of drug-likeness (QED) is 0.753. The van der Waals surface area contributed by atoms with Gasteiger partial charge in [-0.05, 0) is 17.7 Å². The largest absolute Gasteiger partial charge is 0.493 e. The van der Waals surface area contributed by atoms with Crippen molar-refractivity contribution in [2.75, 3.05) is 25.8 Å². The van der Waals surface area contributed by atoms with Gasteiger partial charge in [0.2, 0.25) is 0 Å². The molecule has 0 amide bonds. The molecule has 0 bridgehead atoms. The summed E-state index contributed by atoms with van der Waals surface area (Å²) in [6.07, 6.45) is 3.39. The van der Waals surface area contributed by atoms with Crippen molar-refractivity contribution < 1.29 is 9.47 Å². The zero-order valence-electron chi connectivity index (χ0n) is 10.3. The fourth-order valence-corrected chi connectivity index (χ4v) is 2.05. The summed E-state index contributed by atoms with van der Waals surface area (Å²) < 4.78 is 12.4. The average Bonchev–Trinajstić information content (AvgIpc) is 3.03. The first-order valence-corrected chi connectivity index (χ1v) is 5.67. The van der Waals surface area contributed by atoms with E-state index in [-0.39, 0.29) is 0 Å². The van der Waals surface area contributed by atoms with E-state index in [0.717, 1.165) is 18.0 Å². The zero-order chi connectivity index (χ0) is 12.5. The fraction of sp³-hybridized carbons (Fsp3) is 0.333. The van der Waals surface area contributed by atoms with E-state index in [4.69, 9.17) is 9.47 Å². The van der Waals surface area contributed by atoms with Crippen molar-refractivity contribution in [2.24, 2.45) is 0 Å². The predicted octanol–water partition coefficient (Wildman–Crippen LogP) is 0.988. The second kappa shape index (κ2) is 4.21. The Hall–Kier alpha value is -2.24. The first kappa shape index (κ1) is 10.9. The number of hydrogen-bond donors (Lipinski definition) is 0. The number of ether oxygens (including phenoxy) is 2. The summed E-state index contributed by atoms with van der Waals surface area (Å²) in [5.74, 6) is 1.50. The number of nitrogens with zero attached hydrogens (tertiary/aromatic N) is 4. The molecule has 1 aromatic carbocycles. The first-order valence-electron chi connectivity index (χ1n) is 5.67. The molecule has 0 saturated carbocycles. The summed E-state index contributed by atoms with van der Waals surface area (Å²) >= 11 is 0. The van der Waals surface area contributed by atoms with Crippen LogP contribution in [0.4, 0.5) is 0 Å². The van der Waals surface area contributed by atoms with Gasteiger partial charge < -0.3 is 9.47 Å². The third-order valence-corrected chi connectivity index (χ3v) is 3.08. The van der Waals surface area contributed by atoms with Crippen LogP contribution in [0.25, 0.3) is 0 Å². The van der Waals surface area contributed by atoms with Gasteiger partial charge in [0.1, 0.15) is 12.7 Å². The third kappa shape index (κ3) is 1.75. The van der Waals surface area contributed by atoms with Gasteiger partial charge in [0, 0.05) is 0 Å². The van der Waals surface area contributed by atoms with Crippen molar-refractivity contribution >= 4 is 0 Å². The second-order valence-corrected chi connectivity index (χ2v) is 4.09. The monoisotopic (exact) mass is 246 g/mol. The number of methoxy groups -OCH3 is 2. The van der Waals surface area contributed by atoms with E-state index in [1.54, 1.807) is 26.9 Å². The van der Waals surface area contributed by atoms with Gasteiger partial charge in [-0.25, -0.2) is 4.68 Å². The summed E-state index contributed by atoms with van der Waals surface area (Å²) in [6.45, 7) is 0.952. The van der Waals surface area contributed by atoms with Crippen LogP contribution in [0.15, 0.2) is 30.9 Å². The molecular formula is C12H14N4O2. The van der Waals surface area contributed by atoms with Crippen LogP contribution in [-0.4, -0.2) is 35.6 Å². The van der Waals surface area contributed by atoms with E-state index >= 15 is 0 Å². The van der Waals surface area contributed by atoms with E-state index in [1.807, 2.05) is 16.8 Å². The molecule has 1 aliphatic heterocycles. The topological polar surface area (TPSA) is 52.2 Å². The van der Waals surface area contributed by atoms with Gasteiger partial charge in [-0.3, -0.25) is 5.01 Å². The molecule has 6 nitrogen and oxygen atoms in total. The highest BCUT2D eigenvalue weighted by Crippen LogP contribution is 2.37. The molecule has 3 rings (SSSR count). The normalized spacial score (nSPS) is 17.7. The number of aromatic nitrogens is 3. The number of rotatable bonds is 4. The molecule has 94 valence electrons. The molecule has 1 atom stereocenters. The SMILES string of the molecule is COc1ccc(C2CN2n2cnnc2)cc1OC. The van der Waals surface area contributed by atoms with Gasteiger partial charge in [-0.15, -0.1) is 10.2 Å². The summed E-state index contributed by atoms with van der Waals surface area (Å²) in [4.78, 5) is 0. The van der Waals surface area contributed by atoms with Crippen molar-refractivity contribution in [3.8, 4) is 11.5 Å². The van der Waals surface area contributed by atoms with Crippen LogP contribution < -0.4 is 14.5 Å². The minimum atomic E-state index is 0.348. The molecule has 0 aliphatic carbocycles. The molecule has 1 fully saturated rings. The molecule has 2 heterocycles. The maximum Gasteiger partial charge on any atom is 0.161 e. The summed E-state index contributed by atoms with van der Waals surface area (Å²) in [5.41, 5.74) is 1.20. The number of hydrogen-bond acceptors (Lipinski definition) is 5. The van der Waals surface area contributed by atoms with Gasteiger partial charge in [0.25, 0.3) is 0 Å². The van der Waals surface area contributed by atoms with Crippen molar-refractivity contribution in [3.63, 3.8) is 0 Å². The van der Waals surface area contributed by atoms with E-state index in [2.05, 4.69) is 21.3 Å². The van der Waals surface area contributed by atoms with Gasteiger partial charge in [-0.1, -0.05) is 6.07 Å². The van der Waals surface area contributed by atoms with Gasteiger partial charge in [0.05, 0.1) is 26.8 Å². The maximum atomic E-state index is 5.31. The fourth-order valence-electron chi connectivity index (χ4n) is 2.05. The van der Waals surface area contributed by atoms with Crippen LogP contribution in [0.2, 0.25) is 0 Å². The van der Waals surface area contributed by atoms with E-state index in [9.17, 15) is 0 Å². The molecule has 0 spiro atoms. The molecule has 18 heavy (non-hydrogen) atoms. The zero-order valence-corrected chi connectivity index (χ0v) is 10.3. The van der Waals surface area contributed by atoms with Crippen molar-refractivity contribution in [2.45, 2.75) is 6.04 Å². The van der Waals surface area contributed by atoms with Crippen molar-refractivity contribution in [3.05, 3.63) is 36.4 Å². The number of benzene rings is 1. The molecule has 2 aromatic rings. The minimum Gasteiger partial charge on any atom is -0.493 e. The Morgan fingerprint density at radius 2 is 1.83 bits per heavy atom. The average molecular weight is 246 g/mol. The molecule has 1 aromatic heterocycles. The van der Waals surface area contributed by atoms with Gasteiger partial charge in [0.15, 0.2) is 11.5 Å². The molecule has 6 heteroatoms. The molecular weight excluding hydrogens is 232 g/mol. The summed E-state index contributed by atoms with van der Waals surface area (Å²) in [6, 6.07) is 6.34. The first-order chi connectivity index (χ1) is 8.83. The van der Waals surface area contributed by atoms with Crippen LogP contribution in [-0.2, 0) is 0 Å². The Balaban J connectivity index is 1.82. The van der Waals surface area contributed by atoms with Crippen molar-refractivity contribution in [1.29, 1.82) is 0 Å². The Bertz CT molecular complexity index is 541. The molecule has 0 radical (unpaired) electrons. The minimum absolute atomic E-state index is 0.348. The summed E-state index contributed by atoms with van der Waals surface area (Å²) in [7, 11) is 3.28. The Labute approximate surface area is 105 Å². The van der Waals surface area contributed by atoms with E-state index in [0.29, 0.717) is 6.04 Å². The molecule has 1 aliphatic rings. The van der Waals surface area contributed by atoms with Crippen LogP contribution in [0, 0.1) is 0 Å². The molecule has 0 N–H and O–H groups in total. The third-order valence-electron chi connectivity index (χ3n) is 3.08. The van der Waals surface area contributed by atoms with Crippen LogP contribution in [0.5, 0.6) is 11.5 Å². The van der Waals surface area contributed by atoms with Gasteiger partial charge >= 0.3 is 0 Å². The Morgan fingerprint density at radius 1 is 1.11 bits per heavy atom. The highest BCUT2D eigenvalue weighted by atomic mass is 16.5. The summed E-state index contributed by atoms with van der Waals surface area (Å²) in [5, 5.41) is 9.75. The highest BCUT2D eigenvalue weighted by Gasteiger charge is 2.36. The standard InChI is InChI=1S/C12H14N4O2/c1-17-11-4-3-9(5-12(11)18-2)10-6-16(10)15-7-13-14-8-15/h3-5,7-8,10H,6H2,1-2H3. The second-order valence-electron chi connectivity index (χ2n) is 4.09. The lowest BCUT2D eigenvalue weighted by Gasteiger charge is -2.10. The molecule has 1 saturated heterocycles. The molecule has 1 unspecified atom stereocenters. The lowest BCUT2D eigenvalue weighted by molar-refractivity contribution is 0.354. The van der Waals surface area contributed by atoms with Crippen LogP contribution >= 0.6 is 0 Å². The highest BCUT2D eigenvalue weighted by molar-refractivity contribution is 5.46. The van der Waals surface area contributed by atoms with Crippen LogP contribution in [0.3, 0.4) is 0 Å². The van der Waals surface area contributed by atoms with E-state index in [1.165, 1.54) is 5.56 Å². The maximum absolute atomic E-state index is 5.31. The Morgan fingerprint density at radius 3 is 2.50 bits per heavy atom. The lowest BCUT2D eigenvalue weighted by Crippen LogP contribution is -2.10. The Kier molecular flexibility index (Phi) is 2.55.